The van der Waals surface area contributed by atoms with Crippen LogP contribution >= 0.6 is 11.8 Å². The van der Waals surface area contributed by atoms with Crippen LogP contribution in [0.5, 0.6) is 11.5 Å². The summed E-state index contributed by atoms with van der Waals surface area (Å²) in [6.07, 6.45) is 3.96. The lowest BCUT2D eigenvalue weighted by Crippen LogP contribution is -2.09. The maximum Gasteiger partial charge on any atom is 0.259 e. The third kappa shape index (κ3) is 2.96. The number of methoxy groups -OCH3 is 2. The van der Waals surface area contributed by atoms with Gasteiger partial charge in [0.05, 0.1) is 25.1 Å². The fraction of sp³-hybridized carbons (Fsp3) is 0.286. The molecule has 0 aliphatic rings. The minimum atomic E-state index is -0.182. The van der Waals surface area contributed by atoms with Crippen molar-refractivity contribution in [2.75, 3.05) is 20.0 Å². The number of hydrogen-bond acceptors (Lipinski definition) is 5. The van der Waals surface area contributed by atoms with E-state index >= 15 is 0 Å². The Morgan fingerprint density at radius 3 is 2.65 bits per heavy atom. The van der Waals surface area contributed by atoms with Crippen LogP contribution in [0, 0.1) is 0 Å². The summed E-state index contributed by atoms with van der Waals surface area (Å²) in [5.74, 6) is 1.84. The lowest BCUT2D eigenvalue weighted by Gasteiger charge is -2.09. The molecule has 1 aromatic heterocycles. The van der Waals surface area contributed by atoms with Crippen molar-refractivity contribution in [3.8, 4) is 11.5 Å². The van der Waals surface area contributed by atoms with Gasteiger partial charge in [-0.25, -0.2) is 4.98 Å². The van der Waals surface area contributed by atoms with Gasteiger partial charge in [-0.05, 0) is 13.0 Å². The van der Waals surface area contributed by atoms with E-state index in [1.807, 2.05) is 19.1 Å². The molecule has 2 aromatic rings. The molecule has 5 nitrogen and oxygen atoms in total. The molecular formula is C14H16N2O3S. The maximum atomic E-state index is 12.1. The maximum absolute atomic E-state index is 12.1. The Balaban J connectivity index is 2.50. The van der Waals surface area contributed by atoms with Gasteiger partial charge in [0.25, 0.3) is 5.56 Å². The van der Waals surface area contributed by atoms with Gasteiger partial charge >= 0.3 is 0 Å². The quantitative estimate of drug-likeness (QED) is 0.521. The number of benzene rings is 1. The average Bonchev–Trinajstić information content (AvgIpc) is 2.46. The number of hydrogen-bond donors (Lipinski definition) is 1. The first-order valence-electron chi connectivity index (χ1n) is 6.09. The van der Waals surface area contributed by atoms with E-state index in [0.29, 0.717) is 27.6 Å². The first-order valence-corrected chi connectivity index (χ1v) is 7.08. The van der Waals surface area contributed by atoms with E-state index in [0.717, 1.165) is 5.75 Å². The van der Waals surface area contributed by atoms with Crippen molar-refractivity contribution in [1.29, 1.82) is 0 Å². The summed E-state index contributed by atoms with van der Waals surface area (Å²) in [7, 11) is 3.09. The summed E-state index contributed by atoms with van der Waals surface area (Å²) in [6, 6.07) is 3.35. The Morgan fingerprint density at radius 1 is 1.30 bits per heavy atom. The van der Waals surface area contributed by atoms with Gasteiger partial charge in [-0.15, -0.1) is 0 Å². The fourth-order valence-electron chi connectivity index (χ4n) is 1.74. The summed E-state index contributed by atoms with van der Waals surface area (Å²) in [5.41, 5.74) is 0.410. The molecule has 0 radical (unpaired) electrons. The first kappa shape index (κ1) is 14.5. The number of aromatic nitrogens is 2. The van der Waals surface area contributed by atoms with Crippen molar-refractivity contribution < 1.29 is 9.47 Å². The SMILES string of the molecule is C/C=C/CSc1nc2cc(OC)c(OC)cc2c(=O)[nH]1. The second-order valence-corrected chi connectivity index (χ2v) is 4.98. The van der Waals surface area contributed by atoms with Crippen LogP contribution < -0.4 is 15.0 Å². The molecule has 1 N–H and O–H groups in total. The summed E-state index contributed by atoms with van der Waals surface area (Å²) >= 11 is 1.47. The molecule has 0 saturated heterocycles. The number of thioether (sulfide) groups is 1. The smallest absolute Gasteiger partial charge is 0.259 e. The standard InChI is InChI=1S/C14H16N2O3S/c1-4-5-6-20-14-15-10-8-12(19-3)11(18-2)7-9(10)13(17)16-14/h4-5,7-8H,6H2,1-3H3,(H,15,16,17)/b5-4+. The van der Waals surface area contributed by atoms with Crippen LogP contribution in [0.4, 0.5) is 0 Å². The molecule has 0 bridgehead atoms. The van der Waals surface area contributed by atoms with Gasteiger partial charge in [-0.1, -0.05) is 23.9 Å². The van der Waals surface area contributed by atoms with Crippen molar-refractivity contribution in [2.24, 2.45) is 0 Å². The van der Waals surface area contributed by atoms with Gasteiger partial charge in [-0.3, -0.25) is 4.79 Å². The van der Waals surface area contributed by atoms with Gasteiger partial charge in [0.1, 0.15) is 0 Å². The largest absolute Gasteiger partial charge is 0.493 e. The van der Waals surface area contributed by atoms with Crippen LogP contribution in [-0.4, -0.2) is 29.9 Å². The number of allylic oxidation sites excluding steroid dienone is 1. The normalized spacial score (nSPS) is 11.2. The predicted octanol–water partition coefficient (Wildman–Crippen LogP) is 2.61. The van der Waals surface area contributed by atoms with Crippen molar-refractivity contribution in [2.45, 2.75) is 12.1 Å². The van der Waals surface area contributed by atoms with Gasteiger partial charge in [-0.2, -0.15) is 0 Å². The molecule has 0 amide bonds. The molecule has 1 heterocycles. The number of H-pyrrole nitrogens is 1. The predicted molar refractivity (Wildman–Crippen MR) is 81.0 cm³/mol. The second kappa shape index (κ2) is 6.47. The Labute approximate surface area is 121 Å². The van der Waals surface area contributed by atoms with E-state index in [4.69, 9.17) is 9.47 Å². The Bertz CT molecular complexity index is 695. The van der Waals surface area contributed by atoms with Crippen LogP contribution in [0.25, 0.3) is 10.9 Å². The van der Waals surface area contributed by atoms with E-state index in [1.54, 1.807) is 19.2 Å². The number of aromatic amines is 1. The lowest BCUT2D eigenvalue weighted by molar-refractivity contribution is 0.355. The molecule has 2 rings (SSSR count). The summed E-state index contributed by atoms with van der Waals surface area (Å²) in [6.45, 7) is 1.95. The third-order valence-corrected chi connectivity index (χ3v) is 3.57. The van der Waals surface area contributed by atoms with Crippen molar-refractivity contribution in [1.82, 2.24) is 9.97 Å². The molecule has 0 spiro atoms. The third-order valence-electron chi connectivity index (χ3n) is 2.74. The highest BCUT2D eigenvalue weighted by molar-refractivity contribution is 7.99. The molecule has 20 heavy (non-hydrogen) atoms. The second-order valence-electron chi connectivity index (χ2n) is 3.98. The first-order chi connectivity index (χ1) is 9.69. The van der Waals surface area contributed by atoms with Crippen LogP contribution in [0.3, 0.4) is 0 Å². The number of nitrogens with zero attached hydrogens (tertiary/aromatic N) is 1. The molecule has 0 aliphatic carbocycles. The summed E-state index contributed by atoms with van der Waals surface area (Å²) in [4.78, 5) is 19.3. The lowest BCUT2D eigenvalue weighted by atomic mass is 10.2. The molecule has 6 heteroatoms. The molecule has 0 fully saturated rings. The topological polar surface area (TPSA) is 64.2 Å². The van der Waals surface area contributed by atoms with Gasteiger partial charge in [0.2, 0.25) is 0 Å². The van der Waals surface area contributed by atoms with E-state index < -0.39 is 0 Å². The minimum absolute atomic E-state index is 0.182. The molecule has 0 saturated carbocycles. The highest BCUT2D eigenvalue weighted by Crippen LogP contribution is 2.30. The highest BCUT2D eigenvalue weighted by Gasteiger charge is 2.10. The number of nitrogens with one attached hydrogen (secondary N) is 1. The number of rotatable bonds is 5. The van der Waals surface area contributed by atoms with Gasteiger partial charge in [0.15, 0.2) is 16.7 Å². The molecular weight excluding hydrogens is 276 g/mol. The van der Waals surface area contributed by atoms with Crippen molar-refractivity contribution in [3.63, 3.8) is 0 Å². The van der Waals surface area contributed by atoms with E-state index in [-0.39, 0.29) is 5.56 Å². The highest BCUT2D eigenvalue weighted by atomic mass is 32.2. The van der Waals surface area contributed by atoms with E-state index in [1.165, 1.54) is 18.9 Å². The fourth-order valence-corrected chi connectivity index (χ4v) is 2.51. The number of ether oxygens (including phenoxy) is 2. The minimum Gasteiger partial charge on any atom is -0.493 e. The van der Waals surface area contributed by atoms with Crippen LogP contribution in [0.2, 0.25) is 0 Å². The van der Waals surface area contributed by atoms with Gasteiger partial charge < -0.3 is 14.5 Å². The van der Waals surface area contributed by atoms with Gasteiger partial charge in [0, 0.05) is 11.8 Å². The van der Waals surface area contributed by atoms with Crippen molar-refractivity contribution in [3.05, 3.63) is 34.6 Å². The van der Waals surface area contributed by atoms with E-state index in [2.05, 4.69) is 9.97 Å². The number of fused-ring (bicyclic) bond motifs is 1. The van der Waals surface area contributed by atoms with Crippen LogP contribution in [0.15, 0.2) is 34.2 Å². The molecule has 0 atom stereocenters. The Morgan fingerprint density at radius 2 is 2.00 bits per heavy atom. The Hall–Kier alpha value is -1.95. The summed E-state index contributed by atoms with van der Waals surface area (Å²) < 4.78 is 10.4. The average molecular weight is 292 g/mol. The molecule has 0 aliphatic heterocycles. The zero-order valence-electron chi connectivity index (χ0n) is 11.6. The zero-order valence-corrected chi connectivity index (χ0v) is 12.4. The van der Waals surface area contributed by atoms with Crippen molar-refractivity contribution >= 4 is 22.7 Å². The monoisotopic (exact) mass is 292 g/mol. The van der Waals surface area contributed by atoms with E-state index in [9.17, 15) is 4.79 Å². The zero-order chi connectivity index (χ0) is 14.5. The Kier molecular flexibility index (Phi) is 4.68. The molecule has 0 unspecified atom stereocenters. The van der Waals surface area contributed by atoms with Crippen LogP contribution in [-0.2, 0) is 0 Å². The van der Waals surface area contributed by atoms with Crippen LogP contribution in [0.1, 0.15) is 6.92 Å². The molecule has 106 valence electrons. The summed E-state index contributed by atoms with van der Waals surface area (Å²) in [5, 5.41) is 1.07. The molecule has 1 aromatic carbocycles.